The van der Waals surface area contributed by atoms with Crippen LogP contribution < -0.4 is 14.8 Å². The number of aliphatic hydroxyl groups excluding tert-OH is 1. The third-order valence-electron chi connectivity index (χ3n) is 4.02. The first kappa shape index (κ1) is 22.0. The Morgan fingerprint density at radius 3 is 3.03 bits per heavy atom. The summed E-state index contributed by atoms with van der Waals surface area (Å²) in [6.45, 7) is 4.76. The van der Waals surface area contributed by atoms with Crippen LogP contribution in [0.2, 0.25) is 0 Å². The van der Waals surface area contributed by atoms with Crippen LogP contribution in [0.25, 0.3) is 0 Å². The Hall–Kier alpha value is -1.66. The van der Waals surface area contributed by atoms with Crippen molar-refractivity contribution in [3.05, 3.63) is 41.5 Å². The number of aliphatic hydroxyl groups is 1. The van der Waals surface area contributed by atoms with Crippen molar-refractivity contribution >= 4 is 29.7 Å². The van der Waals surface area contributed by atoms with Crippen molar-refractivity contribution in [3.63, 3.8) is 0 Å². The zero-order chi connectivity index (χ0) is 20.6. The van der Waals surface area contributed by atoms with Crippen LogP contribution in [0.15, 0.2) is 29.4 Å². The van der Waals surface area contributed by atoms with E-state index in [9.17, 15) is 8.78 Å². The Kier molecular flexibility index (Phi) is 8.30. The van der Waals surface area contributed by atoms with E-state index in [1.165, 1.54) is 36.0 Å². The molecule has 1 unspecified atom stereocenters. The van der Waals surface area contributed by atoms with E-state index in [1.807, 2.05) is 0 Å². The Morgan fingerprint density at radius 2 is 2.24 bits per heavy atom. The summed E-state index contributed by atoms with van der Waals surface area (Å²) in [6.07, 6.45) is 0. The van der Waals surface area contributed by atoms with Crippen molar-refractivity contribution in [2.24, 2.45) is 0 Å². The van der Waals surface area contributed by atoms with Crippen molar-refractivity contribution in [1.82, 2.24) is 19.6 Å². The fraction of sp³-hybridized carbons (Fsp3) is 0.444. The van der Waals surface area contributed by atoms with Gasteiger partial charge in [0.2, 0.25) is 5.88 Å². The molecule has 3 rings (SSSR count). The highest BCUT2D eigenvalue weighted by atomic mass is 32.2. The predicted molar refractivity (Wildman–Crippen MR) is 111 cm³/mol. The lowest BCUT2D eigenvalue weighted by Crippen LogP contribution is -2.46. The van der Waals surface area contributed by atoms with Crippen LogP contribution >= 0.6 is 23.9 Å². The number of benzene rings is 1. The van der Waals surface area contributed by atoms with Crippen molar-refractivity contribution in [3.8, 4) is 5.88 Å². The smallest absolute Gasteiger partial charge is 0.219 e. The molecule has 0 aliphatic carbocycles. The Bertz CT molecular complexity index is 818. The van der Waals surface area contributed by atoms with E-state index in [0.29, 0.717) is 22.9 Å². The third-order valence-corrected chi connectivity index (χ3v) is 5.81. The Morgan fingerprint density at radius 1 is 1.38 bits per heavy atom. The number of piperazine rings is 1. The highest BCUT2D eigenvalue weighted by molar-refractivity contribution is 7.98. The minimum absolute atomic E-state index is 0.0987. The molecule has 1 aliphatic heterocycles. The Balaban J connectivity index is 1.68. The molecule has 1 aromatic heterocycles. The molecule has 7 nitrogen and oxygen atoms in total. The molecule has 0 radical (unpaired) electrons. The number of hydrogen-bond donors (Lipinski definition) is 3. The summed E-state index contributed by atoms with van der Waals surface area (Å²) in [5.41, 5.74) is 0.235. The van der Waals surface area contributed by atoms with Crippen LogP contribution in [0.5, 0.6) is 5.88 Å². The highest BCUT2D eigenvalue weighted by Crippen LogP contribution is 2.27. The molecule has 3 N–H and O–H groups in total. The molecular weight excluding hydrogens is 420 g/mol. The second-order valence-electron chi connectivity index (χ2n) is 6.38. The summed E-state index contributed by atoms with van der Waals surface area (Å²) < 4.78 is 38.1. The SMILES string of the molecule is CC1CN(SNc2cc(OCCO)nc(SCc3cccc(F)c3F)n2)CCN1. The van der Waals surface area contributed by atoms with E-state index in [2.05, 4.69) is 31.2 Å². The zero-order valence-electron chi connectivity index (χ0n) is 15.9. The first-order chi connectivity index (χ1) is 14.0. The number of anilines is 1. The predicted octanol–water partition coefficient (Wildman–Crippen LogP) is 2.69. The van der Waals surface area contributed by atoms with Crippen molar-refractivity contribution in [2.75, 3.05) is 37.6 Å². The summed E-state index contributed by atoms with van der Waals surface area (Å²) in [4.78, 5) is 8.71. The van der Waals surface area contributed by atoms with Crippen molar-refractivity contribution in [2.45, 2.75) is 23.9 Å². The molecule has 11 heteroatoms. The van der Waals surface area contributed by atoms with Crippen molar-refractivity contribution < 1.29 is 18.6 Å². The van der Waals surface area contributed by atoms with Gasteiger partial charge in [0.05, 0.1) is 6.61 Å². The number of ether oxygens (including phenoxy) is 1. The summed E-state index contributed by atoms with van der Waals surface area (Å²) in [7, 11) is 0. The van der Waals surface area contributed by atoms with E-state index in [0.717, 1.165) is 25.7 Å². The fourth-order valence-corrected chi connectivity index (χ4v) is 4.27. The molecule has 2 aromatic rings. The molecule has 0 saturated carbocycles. The fourth-order valence-electron chi connectivity index (χ4n) is 2.64. The molecule has 2 heterocycles. The van der Waals surface area contributed by atoms with E-state index in [4.69, 9.17) is 9.84 Å². The first-order valence-electron chi connectivity index (χ1n) is 9.15. The average Bonchev–Trinajstić information content (AvgIpc) is 2.72. The topological polar surface area (TPSA) is 82.5 Å². The van der Waals surface area contributed by atoms with Crippen LogP contribution in [0, 0.1) is 11.6 Å². The molecule has 1 saturated heterocycles. The van der Waals surface area contributed by atoms with Gasteiger partial charge >= 0.3 is 0 Å². The van der Waals surface area contributed by atoms with Crippen LogP contribution in [0.1, 0.15) is 12.5 Å². The van der Waals surface area contributed by atoms with Gasteiger partial charge in [0, 0.05) is 55.2 Å². The molecule has 0 bridgehead atoms. The largest absolute Gasteiger partial charge is 0.475 e. The lowest BCUT2D eigenvalue weighted by molar-refractivity contribution is 0.195. The van der Waals surface area contributed by atoms with E-state index in [1.54, 1.807) is 6.07 Å². The van der Waals surface area contributed by atoms with Crippen LogP contribution in [-0.2, 0) is 5.75 Å². The molecule has 1 fully saturated rings. The molecule has 158 valence electrons. The molecule has 1 aromatic carbocycles. The van der Waals surface area contributed by atoms with Gasteiger partial charge in [-0.05, 0) is 13.0 Å². The number of nitrogens with zero attached hydrogens (tertiary/aromatic N) is 3. The van der Waals surface area contributed by atoms with Gasteiger partial charge in [0.25, 0.3) is 0 Å². The van der Waals surface area contributed by atoms with Crippen LogP contribution in [0.4, 0.5) is 14.6 Å². The molecular formula is C18H23F2N5O2S2. The van der Waals surface area contributed by atoms with Gasteiger partial charge in [-0.25, -0.2) is 18.1 Å². The minimum atomic E-state index is -0.881. The summed E-state index contributed by atoms with van der Waals surface area (Å²) in [5, 5.41) is 12.7. The molecule has 1 atom stereocenters. The zero-order valence-corrected chi connectivity index (χ0v) is 17.5. The van der Waals surface area contributed by atoms with Gasteiger partial charge in [0.1, 0.15) is 12.4 Å². The second kappa shape index (κ2) is 10.9. The monoisotopic (exact) mass is 443 g/mol. The van der Waals surface area contributed by atoms with Gasteiger partial charge in [-0.3, -0.25) is 0 Å². The van der Waals surface area contributed by atoms with Gasteiger partial charge in [-0.2, -0.15) is 4.98 Å². The lowest BCUT2D eigenvalue weighted by Gasteiger charge is -2.30. The number of aromatic nitrogens is 2. The standard InChI is InChI=1S/C18H23F2N5O2S2/c1-12-10-25(6-5-21-12)29-24-15-9-16(27-8-7-26)23-18(22-15)28-11-13-3-2-4-14(19)17(13)20/h2-4,9,12,21,26H,5-8,10-11H2,1H3,(H,22,23,24). The van der Waals surface area contributed by atoms with Crippen LogP contribution in [0.3, 0.4) is 0 Å². The maximum Gasteiger partial charge on any atom is 0.219 e. The van der Waals surface area contributed by atoms with Crippen molar-refractivity contribution in [1.29, 1.82) is 0 Å². The number of nitrogens with one attached hydrogen (secondary N) is 2. The van der Waals surface area contributed by atoms with Gasteiger partial charge in [-0.1, -0.05) is 23.9 Å². The summed E-state index contributed by atoms with van der Waals surface area (Å²) in [5.74, 6) is -0.739. The second-order valence-corrected chi connectivity index (χ2v) is 8.23. The first-order valence-corrected chi connectivity index (χ1v) is 10.9. The summed E-state index contributed by atoms with van der Waals surface area (Å²) >= 11 is 2.62. The average molecular weight is 444 g/mol. The Labute approximate surface area is 176 Å². The quantitative estimate of drug-likeness (QED) is 0.308. The van der Waals surface area contributed by atoms with Gasteiger partial charge < -0.3 is 19.9 Å². The summed E-state index contributed by atoms with van der Waals surface area (Å²) in [6, 6.07) is 6.12. The van der Waals surface area contributed by atoms with Gasteiger partial charge in [-0.15, -0.1) is 0 Å². The number of rotatable bonds is 9. The van der Waals surface area contributed by atoms with E-state index < -0.39 is 11.6 Å². The van der Waals surface area contributed by atoms with E-state index >= 15 is 0 Å². The van der Waals surface area contributed by atoms with E-state index in [-0.39, 0.29) is 24.5 Å². The maximum absolute atomic E-state index is 13.9. The normalized spacial score (nSPS) is 17.3. The van der Waals surface area contributed by atoms with Gasteiger partial charge in [0.15, 0.2) is 16.8 Å². The number of hydrogen-bond acceptors (Lipinski definition) is 9. The third kappa shape index (κ3) is 6.68. The number of thioether (sulfide) groups is 1. The maximum atomic E-state index is 13.9. The molecule has 29 heavy (non-hydrogen) atoms. The number of halogens is 2. The molecule has 0 amide bonds. The molecule has 1 aliphatic rings. The highest BCUT2D eigenvalue weighted by Gasteiger charge is 2.17. The molecule has 0 spiro atoms. The lowest BCUT2D eigenvalue weighted by atomic mass is 10.2. The van der Waals surface area contributed by atoms with Crippen LogP contribution in [-0.4, -0.2) is 58.3 Å². The minimum Gasteiger partial charge on any atom is -0.475 e.